The van der Waals surface area contributed by atoms with E-state index in [0.717, 1.165) is 54.2 Å². The van der Waals surface area contributed by atoms with Crippen LogP contribution in [0.4, 0.5) is 5.82 Å². The Morgan fingerprint density at radius 2 is 2.09 bits per heavy atom. The lowest BCUT2D eigenvalue weighted by atomic mass is 10.1. The Morgan fingerprint density at radius 1 is 1.26 bits per heavy atom. The van der Waals surface area contributed by atoms with Gasteiger partial charge in [-0.1, -0.05) is 0 Å². The summed E-state index contributed by atoms with van der Waals surface area (Å²) in [6.45, 7) is 3.66. The Bertz CT molecular complexity index is 892. The number of hydrogen-bond acceptors (Lipinski definition) is 7. The molecule has 9 nitrogen and oxygen atoms in total. The number of nitrogens with zero attached hydrogens (tertiary/aromatic N) is 6. The lowest BCUT2D eigenvalue weighted by Gasteiger charge is -2.28. The fraction of sp³-hybridized carbons (Fsp3) is 0.286. The smallest absolute Gasteiger partial charge is 0.204 e. The molecule has 0 aliphatic carbocycles. The summed E-state index contributed by atoms with van der Waals surface area (Å²) in [5.74, 6) is 6.39. The van der Waals surface area contributed by atoms with Gasteiger partial charge in [0.15, 0.2) is 5.82 Å². The van der Waals surface area contributed by atoms with Gasteiger partial charge in [0.05, 0.1) is 11.0 Å². The minimum Gasteiger partial charge on any atom is -0.382 e. The van der Waals surface area contributed by atoms with E-state index in [1.54, 1.807) is 6.33 Å². The maximum Gasteiger partial charge on any atom is 0.204 e. The van der Waals surface area contributed by atoms with Crippen LogP contribution in [0, 0.1) is 0 Å². The van der Waals surface area contributed by atoms with Crippen LogP contribution in [0.2, 0.25) is 0 Å². The molecule has 0 spiro atoms. The molecule has 1 fully saturated rings. The average Bonchev–Trinajstić information content (AvgIpc) is 3.10. The number of benzene rings is 1. The van der Waals surface area contributed by atoms with E-state index < -0.39 is 0 Å². The van der Waals surface area contributed by atoms with Gasteiger partial charge in [0.25, 0.3) is 0 Å². The molecule has 5 N–H and O–H groups in total. The molecule has 0 unspecified atom stereocenters. The van der Waals surface area contributed by atoms with Gasteiger partial charge in [-0.2, -0.15) is 5.10 Å². The molecule has 9 heteroatoms. The summed E-state index contributed by atoms with van der Waals surface area (Å²) in [6.07, 6.45) is 1.69. The summed E-state index contributed by atoms with van der Waals surface area (Å²) in [6, 6.07) is 5.67. The minimum absolute atomic E-state index is 0.277. The van der Waals surface area contributed by atoms with Crippen molar-refractivity contribution in [1.82, 2.24) is 24.9 Å². The zero-order chi connectivity index (χ0) is 15.8. The molecule has 0 saturated carbocycles. The van der Waals surface area contributed by atoms with E-state index >= 15 is 0 Å². The van der Waals surface area contributed by atoms with Crippen molar-refractivity contribution in [2.45, 2.75) is 0 Å². The Morgan fingerprint density at radius 3 is 2.87 bits per heavy atom. The molecule has 0 amide bonds. The van der Waals surface area contributed by atoms with Gasteiger partial charge in [-0.25, -0.2) is 4.98 Å². The highest BCUT2D eigenvalue weighted by Gasteiger charge is 2.18. The molecule has 1 aliphatic rings. The lowest BCUT2D eigenvalue weighted by molar-refractivity contribution is 0.586. The van der Waals surface area contributed by atoms with E-state index in [1.165, 1.54) is 0 Å². The highest BCUT2D eigenvalue weighted by molar-refractivity contribution is 6.00. The first kappa shape index (κ1) is 13.7. The van der Waals surface area contributed by atoms with Crippen molar-refractivity contribution in [2.75, 3.05) is 31.1 Å². The normalized spacial score (nSPS) is 16.3. The molecule has 1 aromatic carbocycles. The molecule has 1 aliphatic heterocycles. The largest absolute Gasteiger partial charge is 0.382 e. The number of rotatable bonds is 2. The minimum atomic E-state index is 0.277. The molecule has 3 aromatic rings. The summed E-state index contributed by atoms with van der Waals surface area (Å²) in [4.78, 5) is 7.01. The van der Waals surface area contributed by atoms with Crippen LogP contribution in [0.1, 0.15) is 5.56 Å². The number of anilines is 1. The van der Waals surface area contributed by atoms with Gasteiger partial charge >= 0.3 is 0 Å². The number of fused-ring (bicyclic) bond motifs is 3. The predicted octanol–water partition coefficient (Wildman–Crippen LogP) is -0.734. The van der Waals surface area contributed by atoms with Crippen LogP contribution in [0.25, 0.3) is 16.7 Å². The second kappa shape index (κ2) is 5.36. The molecule has 118 valence electrons. The molecule has 4 rings (SSSR count). The second-order valence-electron chi connectivity index (χ2n) is 5.41. The SMILES string of the molecule is N/N=C(\N)c1ccc2nc(N3CCNCC3)c3nncn3c2c1. The van der Waals surface area contributed by atoms with E-state index in [2.05, 4.69) is 25.5 Å². The highest BCUT2D eigenvalue weighted by atomic mass is 15.3. The maximum atomic E-state index is 5.80. The van der Waals surface area contributed by atoms with Crippen LogP contribution < -0.4 is 21.8 Å². The topological polar surface area (TPSA) is 123 Å². The fourth-order valence-electron chi connectivity index (χ4n) is 2.86. The van der Waals surface area contributed by atoms with Crippen molar-refractivity contribution < 1.29 is 0 Å². The van der Waals surface area contributed by atoms with Crippen LogP contribution >= 0.6 is 0 Å². The van der Waals surface area contributed by atoms with Gasteiger partial charge in [0, 0.05) is 31.7 Å². The number of piperazine rings is 1. The molecule has 1 saturated heterocycles. The third kappa shape index (κ3) is 2.21. The number of hydrogen-bond donors (Lipinski definition) is 3. The second-order valence-corrected chi connectivity index (χ2v) is 5.41. The van der Waals surface area contributed by atoms with E-state index in [1.807, 2.05) is 22.6 Å². The van der Waals surface area contributed by atoms with Crippen molar-refractivity contribution in [2.24, 2.45) is 16.7 Å². The van der Waals surface area contributed by atoms with Crippen LogP contribution in [0.3, 0.4) is 0 Å². The van der Waals surface area contributed by atoms with Crippen LogP contribution in [0.15, 0.2) is 29.6 Å². The van der Waals surface area contributed by atoms with Gasteiger partial charge < -0.3 is 21.8 Å². The van der Waals surface area contributed by atoms with Gasteiger partial charge in [-0.05, 0) is 18.2 Å². The zero-order valence-electron chi connectivity index (χ0n) is 12.5. The standard InChI is InChI=1S/C14H17N9/c15-12(20-16)9-1-2-10-11(7-9)23-8-18-21-14(23)13(19-10)22-5-3-17-4-6-22/h1-2,7-8,17H,3-6,16H2,(H2,15,20). The van der Waals surface area contributed by atoms with Crippen molar-refractivity contribution in [3.8, 4) is 0 Å². The van der Waals surface area contributed by atoms with Crippen LogP contribution in [0.5, 0.6) is 0 Å². The Labute approximate surface area is 132 Å². The first-order valence-corrected chi connectivity index (χ1v) is 7.41. The Kier molecular flexibility index (Phi) is 3.19. The predicted molar refractivity (Wildman–Crippen MR) is 88.3 cm³/mol. The van der Waals surface area contributed by atoms with Crippen LogP contribution in [-0.4, -0.2) is 51.6 Å². The number of nitrogens with one attached hydrogen (secondary N) is 1. The fourth-order valence-corrected chi connectivity index (χ4v) is 2.86. The van der Waals surface area contributed by atoms with E-state index in [4.69, 9.17) is 16.6 Å². The van der Waals surface area contributed by atoms with Crippen molar-refractivity contribution in [3.63, 3.8) is 0 Å². The van der Waals surface area contributed by atoms with Crippen molar-refractivity contribution in [3.05, 3.63) is 30.1 Å². The van der Waals surface area contributed by atoms with Gasteiger partial charge in [0.2, 0.25) is 5.65 Å². The first-order valence-electron chi connectivity index (χ1n) is 7.41. The highest BCUT2D eigenvalue weighted by Crippen LogP contribution is 2.24. The molecular formula is C14H17N9. The molecule has 2 aromatic heterocycles. The monoisotopic (exact) mass is 311 g/mol. The summed E-state index contributed by atoms with van der Waals surface area (Å²) in [5.41, 5.74) is 8.99. The average molecular weight is 311 g/mol. The van der Waals surface area contributed by atoms with Crippen molar-refractivity contribution in [1.29, 1.82) is 0 Å². The molecule has 0 radical (unpaired) electrons. The summed E-state index contributed by atoms with van der Waals surface area (Å²) >= 11 is 0. The Balaban J connectivity index is 1.94. The third-order valence-electron chi connectivity index (χ3n) is 4.06. The molecule has 0 bridgehead atoms. The van der Waals surface area contributed by atoms with E-state index in [9.17, 15) is 0 Å². The molecule has 23 heavy (non-hydrogen) atoms. The maximum absolute atomic E-state index is 5.80. The number of aromatic nitrogens is 4. The van der Waals surface area contributed by atoms with Crippen molar-refractivity contribution >= 4 is 28.3 Å². The molecular weight excluding hydrogens is 294 g/mol. The van der Waals surface area contributed by atoms with E-state index in [0.29, 0.717) is 0 Å². The number of amidine groups is 1. The lowest BCUT2D eigenvalue weighted by Crippen LogP contribution is -2.44. The number of hydrazone groups is 1. The van der Waals surface area contributed by atoms with Gasteiger partial charge in [0.1, 0.15) is 12.2 Å². The molecule has 0 atom stereocenters. The van der Waals surface area contributed by atoms with Crippen LogP contribution in [-0.2, 0) is 0 Å². The summed E-state index contributed by atoms with van der Waals surface area (Å²) in [7, 11) is 0. The first-order chi connectivity index (χ1) is 11.3. The number of nitrogens with two attached hydrogens (primary N) is 2. The van der Waals surface area contributed by atoms with Gasteiger partial charge in [-0.3, -0.25) is 4.40 Å². The third-order valence-corrected chi connectivity index (χ3v) is 4.06. The van der Waals surface area contributed by atoms with Gasteiger partial charge in [-0.15, -0.1) is 10.2 Å². The summed E-state index contributed by atoms with van der Waals surface area (Å²) < 4.78 is 1.92. The summed E-state index contributed by atoms with van der Waals surface area (Å²) in [5, 5.41) is 15.2. The molecule has 3 heterocycles. The van der Waals surface area contributed by atoms with E-state index in [-0.39, 0.29) is 5.84 Å². The zero-order valence-corrected chi connectivity index (χ0v) is 12.5. The Hall–Kier alpha value is -2.94. The quantitative estimate of drug-likeness (QED) is 0.247.